The number of anilines is 1. The maximum atomic E-state index is 15.4. The number of fused-ring (bicyclic) bond motifs is 1. The van der Waals surface area contributed by atoms with Crippen LogP contribution in [0.2, 0.25) is 0 Å². The fourth-order valence-electron chi connectivity index (χ4n) is 3.85. The second kappa shape index (κ2) is 9.65. The molecule has 3 heterocycles. The number of nitrogens with one attached hydrogen (secondary N) is 2. The summed E-state index contributed by atoms with van der Waals surface area (Å²) in [6.45, 7) is 0.945. The average molecular weight is 578 g/mol. The molecule has 0 saturated carbocycles. The number of hydrogen-bond acceptors (Lipinski definition) is 7. The zero-order valence-electron chi connectivity index (χ0n) is 18.4. The molecule has 9 nitrogen and oxygen atoms in total. The summed E-state index contributed by atoms with van der Waals surface area (Å²) in [4.78, 5) is 17.7. The van der Waals surface area contributed by atoms with Crippen LogP contribution in [0.25, 0.3) is 11.0 Å². The largest absolute Gasteiger partial charge is 0.342 e. The lowest BCUT2D eigenvalue weighted by Crippen LogP contribution is -2.22. The molecule has 1 aliphatic rings. The molecule has 1 fully saturated rings. The van der Waals surface area contributed by atoms with Crippen molar-refractivity contribution in [2.45, 2.75) is 12.1 Å². The van der Waals surface area contributed by atoms with Crippen molar-refractivity contribution in [2.24, 2.45) is 0 Å². The van der Waals surface area contributed by atoms with E-state index in [2.05, 4.69) is 36.1 Å². The molecule has 0 bridgehead atoms. The summed E-state index contributed by atoms with van der Waals surface area (Å²) in [7, 11) is -4.06. The average Bonchev–Trinajstić information content (AvgIpc) is 3.49. The third-order valence-electron chi connectivity index (χ3n) is 5.43. The fraction of sp³-hybridized carbons (Fsp3) is 0.174. The van der Waals surface area contributed by atoms with E-state index in [0.717, 1.165) is 12.1 Å². The van der Waals surface area contributed by atoms with E-state index in [9.17, 15) is 17.6 Å². The van der Waals surface area contributed by atoms with E-state index in [-0.39, 0.29) is 16.7 Å². The third kappa shape index (κ3) is 4.74. The predicted molar refractivity (Wildman–Crippen MR) is 131 cm³/mol. The maximum Gasteiger partial charge on any atom is 0.237 e. The molecule has 0 spiro atoms. The van der Waals surface area contributed by atoms with Crippen molar-refractivity contribution in [3.05, 3.63) is 87.7 Å². The number of carbonyl (C=O) groups excluding carboxylic acids is 1. The standard InChI is InChI=1S/C23H18BrF2N5O4S/c24-14-10-15-20(29-31(22(15)28-11-14)23-27-8-9-35-23)21(32)18-16(25)6-7-17(19(18)26)30-36(33,34)12-13-4-2-1-3-5-13/h1-7,10-11,23,27,30H,8-9,12H2. The lowest BCUT2D eigenvalue weighted by Gasteiger charge is -2.12. The minimum absolute atomic E-state index is 0.237. The molecule has 0 amide bonds. The van der Waals surface area contributed by atoms with E-state index in [1.165, 1.54) is 10.9 Å². The van der Waals surface area contributed by atoms with Crippen molar-refractivity contribution < 1.29 is 26.7 Å². The fourth-order valence-corrected chi connectivity index (χ4v) is 5.38. The van der Waals surface area contributed by atoms with Crippen LogP contribution in [-0.4, -0.2) is 42.1 Å². The molecule has 0 radical (unpaired) electrons. The molecule has 1 unspecified atom stereocenters. The lowest BCUT2D eigenvalue weighted by atomic mass is 10.0. The van der Waals surface area contributed by atoms with Gasteiger partial charge < -0.3 is 4.74 Å². The number of aromatic nitrogens is 3. The van der Waals surface area contributed by atoms with E-state index < -0.39 is 50.8 Å². The van der Waals surface area contributed by atoms with Crippen molar-refractivity contribution >= 4 is 48.5 Å². The van der Waals surface area contributed by atoms with E-state index in [1.54, 1.807) is 36.4 Å². The third-order valence-corrected chi connectivity index (χ3v) is 7.11. The maximum absolute atomic E-state index is 15.4. The summed E-state index contributed by atoms with van der Waals surface area (Å²) < 4.78 is 65.0. The summed E-state index contributed by atoms with van der Waals surface area (Å²) in [6.07, 6.45) is 0.779. The second-order valence-electron chi connectivity index (χ2n) is 7.95. The highest BCUT2D eigenvalue weighted by Crippen LogP contribution is 2.29. The molecule has 186 valence electrons. The molecule has 4 aromatic rings. The number of halogens is 3. The Morgan fingerprint density at radius 3 is 2.72 bits per heavy atom. The molecular formula is C23H18BrF2N5O4S. The van der Waals surface area contributed by atoms with Gasteiger partial charge in [0.15, 0.2) is 11.5 Å². The molecule has 0 aliphatic carbocycles. The highest BCUT2D eigenvalue weighted by atomic mass is 79.9. The van der Waals surface area contributed by atoms with Gasteiger partial charge in [0, 0.05) is 17.2 Å². The lowest BCUT2D eigenvalue weighted by molar-refractivity contribution is 0.0372. The van der Waals surface area contributed by atoms with Crippen molar-refractivity contribution in [2.75, 3.05) is 17.9 Å². The number of ether oxygens (including phenoxy) is 1. The predicted octanol–water partition coefficient (Wildman–Crippen LogP) is 3.72. The highest BCUT2D eigenvalue weighted by molar-refractivity contribution is 9.10. The minimum atomic E-state index is -4.06. The molecule has 1 aliphatic heterocycles. The first kappa shape index (κ1) is 24.4. The zero-order valence-corrected chi connectivity index (χ0v) is 20.8. The van der Waals surface area contributed by atoms with Gasteiger partial charge in [-0.05, 0) is 39.7 Å². The van der Waals surface area contributed by atoms with Crippen molar-refractivity contribution in [3.8, 4) is 0 Å². The number of sulfonamides is 1. The van der Waals surface area contributed by atoms with Crippen LogP contribution in [0, 0.1) is 11.6 Å². The first-order valence-corrected chi connectivity index (χ1v) is 13.1. The summed E-state index contributed by atoms with van der Waals surface area (Å²) in [6, 6.07) is 11.6. The van der Waals surface area contributed by atoms with Gasteiger partial charge >= 0.3 is 0 Å². The van der Waals surface area contributed by atoms with Gasteiger partial charge in [-0.2, -0.15) is 5.10 Å². The number of rotatable bonds is 7. The molecule has 5 rings (SSSR count). The molecule has 1 saturated heterocycles. The number of hydrogen-bond donors (Lipinski definition) is 2. The van der Waals surface area contributed by atoms with E-state index in [4.69, 9.17) is 4.74 Å². The quantitative estimate of drug-likeness (QED) is 0.322. The van der Waals surface area contributed by atoms with Crippen LogP contribution in [0.1, 0.15) is 28.0 Å². The first-order chi connectivity index (χ1) is 17.2. The van der Waals surface area contributed by atoms with E-state index in [0.29, 0.717) is 23.2 Å². The van der Waals surface area contributed by atoms with Gasteiger partial charge in [0.05, 0.1) is 29.0 Å². The van der Waals surface area contributed by atoms with E-state index in [1.807, 2.05) is 0 Å². The van der Waals surface area contributed by atoms with Gasteiger partial charge in [0.2, 0.25) is 22.2 Å². The Labute approximate surface area is 212 Å². The van der Waals surface area contributed by atoms with Crippen LogP contribution in [0.3, 0.4) is 0 Å². The molecule has 13 heteroatoms. The number of ketones is 1. The molecule has 36 heavy (non-hydrogen) atoms. The minimum Gasteiger partial charge on any atom is -0.342 e. The Balaban J connectivity index is 1.54. The SMILES string of the molecule is O=C(c1c(F)ccc(NS(=O)(=O)Cc2ccccc2)c1F)c1nn(C2NCCO2)c2ncc(Br)cc12. The Bertz CT molecular complexity index is 1570. The van der Waals surface area contributed by atoms with E-state index >= 15 is 4.39 Å². The topological polar surface area (TPSA) is 115 Å². The van der Waals surface area contributed by atoms with Gasteiger partial charge in [-0.3, -0.25) is 14.8 Å². The van der Waals surface area contributed by atoms with Crippen LogP contribution < -0.4 is 10.0 Å². The Morgan fingerprint density at radius 2 is 2.00 bits per heavy atom. The summed E-state index contributed by atoms with van der Waals surface area (Å²) in [5.74, 6) is -4.02. The van der Waals surface area contributed by atoms with Gasteiger partial charge in [0.1, 0.15) is 11.5 Å². The monoisotopic (exact) mass is 577 g/mol. The molecular weight excluding hydrogens is 560 g/mol. The number of nitrogens with zero attached hydrogens (tertiary/aromatic N) is 3. The summed E-state index contributed by atoms with van der Waals surface area (Å²) >= 11 is 3.28. The number of pyridine rings is 1. The summed E-state index contributed by atoms with van der Waals surface area (Å²) in [5, 5.41) is 7.53. The van der Waals surface area contributed by atoms with Crippen molar-refractivity contribution in [1.82, 2.24) is 20.1 Å². The zero-order chi connectivity index (χ0) is 25.4. The van der Waals surface area contributed by atoms with Crippen molar-refractivity contribution in [3.63, 3.8) is 0 Å². The van der Waals surface area contributed by atoms with Gasteiger partial charge in [-0.15, -0.1) is 0 Å². The first-order valence-electron chi connectivity index (χ1n) is 10.7. The van der Waals surface area contributed by atoms with Crippen LogP contribution in [0.4, 0.5) is 14.5 Å². The number of carbonyl (C=O) groups is 1. The molecule has 2 N–H and O–H groups in total. The molecule has 2 aromatic heterocycles. The van der Waals surface area contributed by atoms with Crippen LogP contribution in [-0.2, 0) is 20.5 Å². The molecule has 1 atom stereocenters. The van der Waals surface area contributed by atoms with Crippen molar-refractivity contribution in [1.29, 1.82) is 0 Å². The Morgan fingerprint density at radius 1 is 1.22 bits per heavy atom. The summed E-state index contributed by atoms with van der Waals surface area (Å²) in [5.41, 5.74) is -1.03. The smallest absolute Gasteiger partial charge is 0.237 e. The highest BCUT2D eigenvalue weighted by Gasteiger charge is 2.30. The van der Waals surface area contributed by atoms with Crippen LogP contribution in [0.15, 0.2) is 59.2 Å². The normalized spacial score (nSPS) is 15.9. The molecule has 2 aromatic carbocycles. The second-order valence-corrected chi connectivity index (χ2v) is 10.6. The van der Waals surface area contributed by atoms with Gasteiger partial charge in [-0.25, -0.2) is 26.9 Å². The van der Waals surface area contributed by atoms with Gasteiger partial charge in [-0.1, -0.05) is 30.3 Å². The Kier molecular flexibility index (Phi) is 6.55. The van der Waals surface area contributed by atoms with Crippen LogP contribution >= 0.6 is 15.9 Å². The number of benzene rings is 2. The van der Waals surface area contributed by atoms with Gasteiger partial charge in [0.25, 0.3) is 0 Å². The van der Waals surface area contributed by atoms with Crippen LogP contribution in [0.5, 0.6) is 0 Å². The Hall–Kier alpha value is -3.26.